The summed E-state index contributed by atoms with van der Waals surface area (Å²) in [7, 11) is 0. The predicted octanol–water partition coefficient (Wildman–Crippen LogP) is -1.47. The molecule has 12 heteroatoms. The molecule has 0 saturated carbocycles. The Bertz CT molecular complexity index is 557. The number of aliphatic hydroxyl groups is 4. The van der Waals surface area contributed by atoms with Crippen molar-refractivity contribution in [3.63, 3.8) is 0 Å². The Kier molecular flexibility index (Phi) is 7.23. The van der Waals surface area contributed by atoms with E-state index in [1.807, 2.05) is 0 Å². The van der Waals surface area contributed by atoms with E-state index < -0.39 is 73.4 Å². The van der Waals surface area contributed by atoms with Crippen molar-refractivity contribution in [3.8, 4) is 0 Å². The molecule has 0 bridgehead atoms. The number of carboxylic acids is 1. The summed E-state index contributed by atoms with van der Waals surface area (Å²) in [6, 6.07) is 0. The first-order valence-electron chi connectivity index (χ1n) is 7.33. The largest absolute Gasteiger partial charge is 0.479 e. The van der Waals surface area contributed by atoms with Crippen LogP contribution in [0, 0.1) is 5.92 Å². The fourth-order valence-electron chi connectivity index (χ4n) is 2.67. The first-order chi connectivity index (χ1) is 11.6. The van der Waals surface area contributed by atoms with Crippen molar-refractivity contribution < 1.29 is 44.2 Å². The van der Waals surface area contributed by atoms with E-state index in [1.54, 1.807) is 0 Å². The molecule has 0 amide bonds. The summed E-state index contributed by atoms with van der Waals surface area (Å²) < 4.78 is 19.5. The maximum absolute atomic E-state index is 14.4. The van der Waals surface area contributed by atoms with E-state index in [2.05, 4.69) is 10.0 Å². The van der Waals surface area contributed by atoms with Crippen molar-refractivity contribution in [1.82, 2.24) is 0 Å². The summed E-state index contributed by atoms with van der Waals surface area (Å²) in [4.78, 5) is 25.5. The number of aliphatic carboxylic acids is 1. The summed E-state index contributed by atoms with van der Waals surface area (Å²) >= 11 is 0. The number of alkyl halides is 1. The molecule has 7 atom stereocenters. The zero-order valence-electron chi connectivity index (χ0n) is 13.3. The molecule has 0 spiro atoms. The minimum Gasteiger partial charge on any atom is -0.479 e. The lowest BCUT2D eigenvalue weighted by molar-refractivity contribution is -0.259. The molecule has 0 aromatic carbocycles. The second kappa shape index (κ2) is 8.52. The number of rotatable bonds is 8. The van der Waals surface area contributed by atoms with Gasteiger partial charge in [0.15, 0.2) is 11.8 Å². The highest BCUT2D eigenvalue weighted by Crippen LogP contribution is 2.39. The third-order valence-corrected chi connectivity index (χ3v) is 4.18. The molecule has 5 unspecified atom stereocenters. The molecule has 1 heterocycles. The molecule has 0 aromatic heterocycles. The first-order valence-corrected chi connectivity index (χ1v) is 7.33. The van der Waals surface area contributed by atoms with Gasteiger partial charge in [0, 0.05) is 17.3 Å². The molecule has 1 saturated heterocycles. The summed E-state index contributed by atoms with van der Waals surface area (Å²) in [5.74, 6) is -3.90. The molecule has 0 aromatic rings. The van der Waals surface area contributed by atoms with Gasteiger partial charge in [0.1, 0.15) is 18.0 Å². The fourth-order valence-corrected chi connectivity index (χ4v) is 2.67. The highest BCUT2D eigenvalue weighted by molar-refractivity contribution is 5.81. The third kappa shape index (κ3) is 4.42. The predicted molar refractivity (Wildman–Crippen MR) is 78.0 cm³/mol. The average molecular weight is 365 g/mol. The number of carbonyl (C=O) groups excluding carboxylic acids is 1. The Morgan fingerprint density at radius 2 is 2.04 bits per heavy atom. The topological polar surface area (TPSA) is 193 Å². The minimum atomic E-state index is -2.54. The number of hydrogen-bond acceptors (Lipinski definition) is 8. The molecular weight excluding hydrogens is 345 g/mol. The summed E-state index contributed by atoms with van der Waals surface area (Å²) in [6.45, 7) is -0.677. The lowest BCUT2D eigenvalue weighted by Crippen LogP contribution is -2.66. The van der Waals surface area contributed by atoms with Crippen LogP contribution < -0.4 is 0 Å². The number of azide groups is 1. The fraction of sp³-hybridized carbons (Fsp3) is 0.846. The van der Waals surface area contributed by atoms with Crippen LogP contribution in [0.1, 0.15) is 13.3 Å². The van der Waals surface area contributed by atoms with Gasteiger partial charge in [-0.2, -0.15) is 0 Å². The number of Topliss-reactive ketones (excluding diaryl/α,β-unsaturated/α-hetero) is 1. The van der Waals surface area contributed by atoms with E-state index >= 15 is 0 Å². The number of ketones is 1. The lowest BCUT2D eigenvalue weighted by Gasteiger charge is -2.47. The van der Waals surface area contributed by atoms with Crippen LogP contribution in [0.25, 0.3) is 10.4 Å². The average Bonchev–Trinajstić information content (AvgIpc) is 2.58. The molecule has 1 aliphatic rings. The number of ether oxygens (including phenoxy) is 1. The van der Waals surface area contributed by atoms with Crippen LogP contribution in [0.4, 0.5) is 4.39 Å². The molecule has 11 nitrogen and oxygen atoms in total. The molecule has 0 radical (unpaired) electrons. The van der Waals surface area contributed by atoms with E-state index in [-0.39, 0.29) is 0 Å². The maximum Gasteiger partial charge on any atom is 0.338 e. The van der Waals surface area contributed by atoms with Gasteiger partial charge < -0.3 is 30.3 Å². The Hall–Kier alpha value is -1.82. The number of halogens is 1. The van der Waals surface area contributed by atoms with Crippen LogP contribution in [0.15, 0.2) is 5.11 Å². The van der Waals surface area contributed by atoms with Crippen molar-refractivity contribution in [1.29, 1.82) is 0 Å². The van der Waals surface area contributed by atoms with E-state index in [0.717, 1.165) is 6.92 Å². The lowest BCUT2D eigenvalue weighted by atomic mass is 9.77. The molecule has 25 heavy (non-hydrogen) atoms. The van der Waals surface area contributed by atoms with Crippen LogP contribution in [-0.2, 0) is 14.3 Å². The Morgan fingerprint density at radius 1 is 1.44 bits per heavy atom. The second-order valence-electron chi connectivity index (χ2n) is 5.92. The normalized spacial score (nSPS) is 34.6. The van der Waals surface area contributed by atoms with E-state index in [9.17, 15) is 34.4 Å². The number of aliphatic hydroxyl groups excluding tert-OH is 4. The Labute approximate surface area is 141 Å². The van der Waals surface area contributed by atoms with Gasteiger partial charge in [-0.15, -0.1) is 0 Å². The van der Waals surface area contributed by atoms with Crippen molar-refractivity contribution in [3.05, 3.63) is 10.4 Å². The number of carboxylic acid groups (broad SMARTS) is 1. The summed E-state index contributed by atoms with van der Waals surface area (Å²) in [5.41, 5.74) is 5.66. The van der Waals surface area contributed by atoms with Crippen molar-refractivity contribution in [2.24, 2.45) is 11.0 Å². The minimum absolute atomic E-state index is 0.599. The van der Waals surface area contributed by atoms with Crippen LogP contribution >= 0.6 is 0 Å². The van der Waals surface area contributed by atoms with E-state index in [0.29, 0.717) is 0 Å². The highest BCUT2D eigenvalue weighted by atomic mass is 19.1. The van der Waals surface area contributed by atoms with Crippen molar-refractivity contribution >= 4 is 11.8 Å². The van der Waals surface area contributed by atoms with Gasteiger partial charge in [0.25, 0.3) is 0 Å². The van der Waals surface area contributed by atoms with Gasteiger partial charge >= 0.3 is 5.97 Å². The van der Waals surface area contributed by atoms with E-state index in [4.69, 9.17) is 15.4 Å². The summed E-state index contributed by atoms with van der Waals surface area (Å²) in [6.07, 6.45) is -10.4. The van der Waals surface area contributed by atoms with Crippen LogP contribution in [0.3, 0.4) is 0 Å². The van der Waals surface area contributed by atoms with Crippen LogP contribution in [-0.4, -0.2) is 86.6 Å². The van der Waals surface area contributed by atoms with Gasteiger partial charge in [0.2, 0.25) is 0 Å². The van der Waals surface area contributed by atoms with Crippen molar-refractivity contribution in [2.75, 3.05) is 13.2 Å². The molecule has 1 rings (SSSR count). The number of hydrogen-bond donors (Lipinski definition) is 5. The molecule has 0 aliphatic carbocycles. The second-order valence-corrected chi connectivity index (χ2v) is 5.92. The van der Waals surface area contributed by atoms with Crippen LogP contribution in [0.5, 0.6) is 0 Å². The maximum atomic E-state index is 14.4. The Balaban J connectivity index is 3.18. The van der Waals surface area contributed by atoms with Crippen molar-refractivity contribution in [2.45, 2.75) is 49.5 Å². The molecular formula is C13H20FN3O8. The quantitative estimate of drug-likeness (QED) is 0.195. The smallest absolute Gasteiger partial charge is 0.338 e. The van der Waals surface area contributed by atoms with Gasteiger partial charge in [0.05, 0.1) is 25.4 Å². The Morgan fingerprint density at radius 3 is 2.52 bits per heavy atom. The SMILES string of the molecule is CC1(C(=O)O)OC([C@H](O)[C@H](O)CO)C(CC(=O)CN=[N+]=[N-])C(O)C1F. The zero-order chi connectivity index (χ0) is 19.4. The third-order valence-electron chi connectivity index (χ3n) is 4.18. The standard InChI is InChI=1S/C13H20FN3O8/c1-13(12(23)24)11(14)8(21)6(2-5(19)3-16-17-15)10(25-13)9(22)7(20)4-18/h6-11,18,20-22H,2-4H2,1H3,(H,23,24)/t6?,7-,8?,9-,10?,11?,13?/m1/s1. The number of carbonyl (C=O) groups is 2. The molecule has 1 fully saturated rings. The molecule has 142 valence electrons. The van der Waals surface area contributed by atoms with Gasteiger partial charge in [-0.05, 0) is 12.5 Å². The van der Waals surface area contributed by atoms with Gasteiger partial charge in [-0.3, -0.25) is 4.79 Å². The first kappa shape index (κ1) is 21.2. The summed E-state index contributed by atoms with van der Waals surface area (Å²) in [5, 5.41) is 50.9. The van der Waals surface area contributed by atoms with Gasteiger partial charge in [-0.1, -0.05) is 5.11 Å². The zero-order valence-corrected chi connectivity index (χ0v) is 13.3. The van der Waals surface area contributed by atoms with E-state index in [1.165, 1.54) is 0 Å². The monoisotopic (exact) mass is 365 g/mol. The highest BCUT2D eigenvalue weighted by Gasteiger charge is 2.58. The molecule has 1 aliphatic heterocycles. The van der Waals surface area contributed by atoms with Gasteiger partial charge in [-0.25, -0.2) is 9.18 Å². The molecule has 5 N–H and O–H groups in total. The number of nitrogens with zero attached hydrogens (tertiary/aromatic N) is 3. The van der Waals surface area contributed by atoms with Crippen LogP contribution in [0.2, 0.25) is 0 Å².